The average Bonchev–Trinajstić information content (AvgIpc) is 3.32. The molecule has 202 valence electrons. The molecule has 0 saturated carbocycles. The van der Waals surface area contributed by atoms with Gasteiger partial charge in [0.15, 0.2) is 5.69 Å². The molecule has 4 aromatic rings. The van der Waals surface area contributed by atoms with E-state index in [0.29, 0.717) is 19.0 Å². The molecule has 2 aromatic carbocycles. The molecule has 5 rings (SSSR count). The van der Waals surface area contributed by atoms with E-state index in [4.69, 9.17) is 16.6 Å². The molecule has 3 heterocycles. The van der Waals surface area contributed by atoms with Crippen LogP contribution in [0.25, 0.3) is 10.9 Å². The zero-order valence-corrected chi connectivity index (χ0v) is 21.6. The summed E-state index contributed by atoms with van der Waals surface area (Å²) >= 11 is 5.84. The van der Waals surface area contributed by atoms with E-state index in [1.54, 1.807) is 13.8 Å². The Kier molecular flexibility index (Phi) is 6.71. The minimum atomic E-state index is -4.73. The second-order valence-corrected chi connectivity index (χ2v) is 9.63. The minimum absolute atomic E-state index is 0.0480. The smallest absolute Gasteiger partial charge is 0.416 e. The Bertz CT molecular complexity index is 1650. The Hall–Kier alpha value is -4.12. The normalized spacial score (nSPS) is 13.9. The van der Waals surface area contributed by atoms with Gasteiger partial charge in [0.05, 0.1) is 28.2 Å². The largest absolute Gasteiger partial charge is 0.476 e. The van der Waals surface area contributed by atoms with Gasteiger partial charge in [0.25, 0.3) is 5.56 Å². The van der Waals surface area contributed by atoms with Crippen LogP contribution in [-0.4, -0.2) is 25.6 Å². The Morgan fingerprint density at radius 2 is 1.79 bits per heavy atom. The van der Waals surface area contributed by atoms with E-state index in [1.165, 1.54) is 16.7 Å². The second-order valence-electron chi connectivity index (χ2n) is 9.25. The number of benzene rings is 2. The van der Waals surface area contributed by atoms with E-state index in [9.17, 15) is 27.9 Å². The summed E-state index contributed by atoms with van der Waals surface area (Å²) in [7, 11) is 0. The third kappa shape index (κ3) is 4.89. The number of aromatic nitrogens is 3. The number of anilines is 2. The SMILES string of the molecule is CCn1c(N2Cc3ccccc3C2)nc2c([C@@H](C)Nc3ccc(Cl)nc3C(=O)O)cc(C(F)(F)F)cc2c1=O. The van der Waals surface area contributed by atoms with Gasteiger partial charge in [-0.1, -0.05) is 35.9 Å². The number of hydrogen-bond donors (Lipinski definition) is 2. The molecular weight excluding hydrogens is 535 g/mol. The minimum Gasteiger partial charge on any atom is -0.476 e. The summed E-state index contributed by atoms with van der Waals surface area (Å²) in [4.78, 5) is 35.8. The highest BCUT2D eigenvalue weighted by atomic mass is 35.5. The van der Waals surface area contributed by atoms with Gasteiger partial charge in [-0.2, -0.15) is 13.2 Å². The van der Waals surface area contributed by atoms with Crippen LogP contribution in [0.5, 0.6) is 0 Å². The number of carbonyl (C=O) groups is 1. The average molecular weight is 558 g/mol. The van der Waals surface area contributed by atoms with E-state index >= 15 is 0 Å². The van der Waals surface area contributed by atoms with Crippen LogP contribution < -0.4 is 15.8 Å². The van der Waals surface area contributed by atoms with E-state index in [-0.39, 0.29) is 39.5 Å². The maximum Gasteiger partial charge on any atom is 0.416 e. The molecule has 2 N–H and O–H groups in total. The summed E-state index contributed by atoms with van der Waals surface area (Å²) in [6.07, 6.45) is -4.73. The maximum atomic E-state index is 13.9. The number of alkyl halides is 3. The van der Waals surface area contributed by atoms with Gasteiger partial charge in [0.1, 0.15) is 5.15 Å². The number of nitrogens with one attached hydrogen (secondary N) is 1. The number of nitrogens with zero attached hydrogens (tertiary/aromatic N) is 4. The van der Waals surface area contributed by atoms with Gasteiger partial charge in [-0.05, 0) is 49.2 Å². The van der Waals surface area contributed by atoms with Crippen LogP contribution in [0.2, 0.25) is 5.15 Å². The lowest BCUT2D eigenvalue weighted by molar-refractivity contribution is -0.137. The van der Waals surface area contributed by atoms with Crippen molar-refractivity contribution in [2.24, 2.45) is 0 Å². The lowest BCUT2D eigenvalue weighted by atomic mass is 10.00. The summed E-state index contributed by atoms with van der Waals surface area (Å²) in [5.74, 6) is -1.01. The number of hydrogen-bond acceptors (Lipinski definition) is 6. The van der Waals surface area contributed by atoms with Crippen LogP contribution in [0, 0.1) is 0 Å². The summed E-state index contributed by atoms with van der Waals surface area (Å²) < 4.78 is 43.2. The van der Waals surface area contributed by atoms with Crippen LogP contribution in [0.1, 0.15) is 52.6 Å². The summed E-state index contributed by atoms with van der Waals surface area (Å²) in [6, 6.07) is 11.4. The number of pyridine rings is 1. The quantitative estimate of drug-likeness (QED) is 0.286. The molecule has 1 atom stereocenters. The summed E-state index contributed by atoms with van der Waals surface area (Å²) in [6.45, 7) is 4.50. The molecule has 2 aromatic heterocycles. The molecule has 0 fully saturated rings. The first kappa shape index (κ1) is 26.5. The van der Waals surface area contributed by atoms with E-state index in [2.05, 4.69) is 10.3 Å². The van der Waals surface area contributed by atoms with Crippen molar-refractivity contribution in [1.29, 1.82) is 0 Å². The zero-order chi connectivity index (χ0) is 28.1. The first-order valence-corrected chi connectivity index (χ1v) is 12.5. The molecule has 39 heavy (non-hydrogen) atoms. The van der Waals surface area contributed by atoms with Crippen molar-refractivity contribution in [1.82, 2.24) is 14.5 Å². The molecule has 1 aliphatic rings. The van der Waals surface area contributed by atoms with Gasteiger partial charge in [0, 0.05) is 25.2 Å². The van der Waals surface area contributed by atoms with Crippen molar-refractivity contribution in [2.45, 2.75) is 45.7 Å². The van der Waals surface area contributed by atoms with Crippen LogP contribution in [0.3, 0.4) is 0 Å². The van der Waals surface area contributed by atoms with Gasteiger partial charge < -0.3 is 15.3 Å². The number of carboxylic acid groups (broad SMARTS) is 1. The van der Waals surface area contributed by atoms with Gasteiger partial charge in [-0.25, -0.2) is 14.8 Å². The molecule has 0 saturated heterocycles. The lowest BCUT2D eigenvalue weighted by Crippen LogP contribution is -2.30. The number of carboxylic acids is 1. The monoisotopic (exact) mass is 557 g/mol. The van der Waals surface area contributed by atoms with E-state index in [0.717, 1.165) is 23.3 Å². The third-order valence-corrected chi connectivity index (χ3v) is 6.95. The fourth-order valence-electron chi connectivity index (χ4n) is 4.86. The first-order chi connectivity index (χ1) is 18.5. The predicted octanol–water partition coefficient (Wildman–Crippen LogP) is 5.88. The number of rotatable bonds is 6. The van der Waals surface area contributed by atoms with Crippen LogP contribution in [-0.2, 0) is 25.8 Å². The Labute approximate surface area is 225 Å². The highest BCUT2D eigenvalue weighted by Gasteiger charge is 2.34. The van der Waals surface area contributed by atoms with Crippen molar-refractivity contribution >= 4 is 40.1 Å². The molecular formula is C27H23ClF3N5O3. The van der Waals surface area contributed by atoms with Crippen molar-refractivity contribution in [2.75, 3.05) is 10.2 Å². The Morgan fingerprint density at radius 1 is 1.13 bits per heavy atom. The molecule has 8 nitrogen and oxygen atoms in total. The van der Waals surface area contributed by atoms with Gasteiger partial charge in [-0.3, -0.25) is 9.36 Å². The first-order valence-electron chi connectivity index (χ1n) is 12.1. The van der Waals surface area contributed by atoms with Gasteiger partial charge in [-0.15, -0.1) is 0 Å². The van der Waals surface area contributed by atoms with E-state index < -0.39 is 29.3 Å². The second kappa shape index (κ2) is 9.88. The molecule has 1 aliphatic heterocycles. The predicted molar refractivity (Wildman–Crippen MR) is 141 cm³/mol. The highest BCUT2D eigenvalue weighted by Crippen LogP contribution is 2.36. The zero-order valence-electron chi connectivity index (χ0n) is 20.9. The van der Waals surface area contributed by atoms with Crippen molar-refractivity contribution < 1.29 is 23.1 Å². The third-order valence-electron chi connectivity index (χ3n) is 6.74. The van der Waals surface area contributed by atoms with Crippen molar-refractivity contribution in [3.8, 4) is 0 Å². The fraction of sp³-hybridized carbons (Fsp3) is 0.259. The summed E-state index contributed by atoms with van der Waals surface area (Å²) in [5, 5.41) is 12.3. The van der Waals surface area contributed by atoms with Crippen LogP contribution in [0.15, 0.2) is 53.3 Å². The highest BCUT2D eigenvalue weighted by molar-refractivity contribution is 6.29. The van der Waals surface area contributed by atoms with Gasteiger partial charge >= 0.3 is 12.1 Å². The summed E-state index contributed by atoms with van der Waals surface area (Å²) in [5.41, 5.74) is 0.417. The van der Waals surface area contributed by atoms with Crippen molar-refractivity contribution in [3.63, 3.8) is 0 Å². The van der Waals surface area contributed by atoms with Crippen molar-refractivity contribution in [3.05, 3.63) is 92.0 Å². The fourth-order valence-corrected chi connectivity index (χ4v) is 5.01. The molecule has 12 heteroatoms. The maximum absolute atomic E-state index is 13.9. The number of aromatic carboxylic acids is 1. The topological polar surface area (TPSA) is 100 Å². The molecule has 0 aliphatic carbocycles. The van der Waals surface area contributed by atoms with Crippen LogP contribution >= 0.6 is 11.6 Å². The Balaban J connectivity index is 1.69. The van der Waals surface area contributed by atoms with E-state index in [1.807, 2.05) is 29.2 Å². The number of halogens is 4. The molecule has 0 unspecified atom stereocenters. The Morgan fingerprint density at radius 3 is 2.38 bits per heavy atom. The standard InChI is InChI=1S/C27H23ClF3N5O3/c1-3-36-24(37)19-11-17(27(29,30)31)10-18(14(2)32-20-8-9-21(28)33-23(20)25(38)39)22(19)34-26(36)35-12-15-6-4-5-7-16(15)13-35/h4-11,14,32H,3,12-13H2,1-2H3,(H,38,39)/t14-/m1/s1. The van der Waals surface area contributed by atoms with Crippen LogP contribution in [0.4, 0.5) is 24.8 Å². The molecule has 0 spiro atoms. The molecule has 0 radical (unpaired) electrons. The lowest BCUT2D eigenvalue weighted by Gasteiger charge is -2.24. The van der Waals surface area contributed by atoms with Gasteiger partial charge in [0.2, 0.25) is 5.95 Å². The number of fused-ring (bicyclic) bond motifs is 2. The molecule has 0 amide bonds. The molecule has 0 bridgehead atoms.